The Kier molecular flexibility index (Phi) is 11.5. The van der Waals surface area contributed by atoms with Crippen molar-refractivity contribution >= 4 is 0 Å². The van der Waals surface area contributed by atoms with Gasteiger partial charge in [-0.25, -0.2) is 0 Å². The van der Waals surface area contributed by atoms with Gasteiger partial charge in [-0.1, -0.05) is 29.8 Å². The number of hydrogen-bond acceptors (Lipinski definition) is 5. The molecule has 0 fully saturated rings. The first-order chi connectivity index (χ1) is 13.8. The first-order valence-electron chi connectivity index (χ1n) is 10.4. The van der Waals surface area contributed by atoms with Crippen LogP contribution < -0.4 is 10.6 Å². The Bertz CT molecular complexity index is 645. The van der Waals surface area contributed by atoms with Crippen LogP contribution >= 0.6 is 0 Å². The molecule has 28 heavy (non-hydrogen) atoms. The molecule has 6 heteroatoms. The molecule has 6 nitrogen and oxygen atoms in total. The van der Waals surface area contributed by atoms with Gasteiger partial charge in [0.25, 0.3) is 0 Å². The second kappa shape index (κ2) is 14.3. The molecule has 0 saturated heterocycles. The van der Waals surface area contributed by atoms with E-state index < -0.39 is 0 Å². The van der Waals surface area contributed by atoms with Crippen molar-refractivity contribution in [2.45, 2.75) is 39.3 Å². The van der Waals surface area contributed by atoms with E-state index in [1.165, 1.54) is 11.1 Å². The monoisotopic (exact) mass is 388 g/mol. The van der Waals surface area contributed by atoms with Crippen molar-refractivity contribution in [3.8, 4) is 0 Å². The molecule has 0 spiro atoms. The number of aromatic nitrogens is 2. The lowest BCUT2D eigenvalue weighted by Gasteiger charge is -2.06. The van der Waals surface area contributed by atoms with Crippen LogP contribution in [-0.4, -0.2) is 56.3 Å². The Hall–Kier alpha value is -1.73. The highest BCUT2D eigenvalue weighted by Crippen LogP contribution is 2.05. The summed E-state index contributed by atoms with van der Waals surface area (Å²) in [5.41, 5.74) is 3.68. The summed E-state index contributed by atoms with van der Waals surface area (Å²) in [6.45, 7) is 8.75. The number of benzene rings is 1. The highest BCUT2D eigenvalue weighted by Gasteiger charge is 2.00. The van der Waals surface area contributed by atoms with Gasteiger partial charge in [0.15, 0.2) is 0 Å². The van der Waals surface area contributed by atoms with Crippen LogP contribution in [0.2, 0.25) is 0 Å². The van der Waals surface area contributed by atoms with Crippen molar-refractivity contribution in [3.05, 3.63) is 53.3 Å². The lowest BCUT2D eigenvalue weighted by molar-refractivity contribution is 0.118. The summed E-state index contributed by atoms with van der Waals surface area (Å²) >= 11 is 0. The van der Waals surface area contributed by atoms with Gasteiger partial charge in [-0.15, -0.1) is 0 Å². The highest BCUT2D eigenvalue weighted by molar-refractivity contribution is 5.21. The molecular weight excluding hydrogens is 352 g/mol. The van der Waals surface area contributed by atoms with Gasteiger partial charge in [-0.05, 0) is 58.0 Å². The molecule has 0 aliphatic rings. The van der Waals surface area contributed by atoms with E-state index in [0.29, 0.717) is 13.2 Å². The summed E-state index contributed by atoms with van der Waals surface area (Å²) in [4.78, 5) is 0. The maximum absolute atomic E-state index is 5.74. The Balaban J connectivity index is 1.42. The zero-order chi connectivity index (χ0) is 19.9. The Morgan fingerprint density at radius 3 is 2.75 bits per heavy atom. The van der Waals surface area contributed by atoms with Crippen molar-refractivity contribution in [3.63, 3.8) is 0 Å². The van der Waals surface area contributed by atoms with Crippen LogP contribution in [0, 0.1) is 6.92 Å². The molecule has 0 amide bonds. The minimum absolute atomic E-state index is 0.699. The quantitative estimate of drug-likeness (QED) is 0.433. The largest absolute Gasteiger partial charge is 0.378 e. The van der Waals surface area contributed by atoms with Crippen LogP contribution in [0.25, 0.3) is 0 Å². The molecule has 0 radical (unpaired) electrons. The molecule has 0 atom stereocenters. The lowest BCUT2D eigenvalue weighted by Crippen LogP contribution is -2.18. The highest BCUT2D eigenvalue weighted by atomic mass is 16.5. The van der Waals surface area contributed by atoms with Crippen LogP contribution in [0.1, 0.15) is 29.7 Å². The zero-order valence-corrected chi connectivity index (χ0v) is 17.5. The van der Waals surface area contributed by atoms with Crippen molar-refractivity contribution in [1.29, 1.82) is 0 Å². The van der Waals surface area contributed by atoms with Crippen molar-refractivity contribution < 1.29 is 9.47 Å². The molecule has 1 aromatic heterocycles. The Labute approximate surface area is 169 Å². The van der Waals surface area contributed by atoms with Gasteiger partial charge in [-0.2, -0.15) is 5.10 Å². The fourth-order valence-corrected chi connectivity index (χ4v) is 2.91. The smallest absolute Gasteiger partial charge is 0.0716 e. The van der Waals surface area contributed by atoms with Gasteiger partial charge in [0.05, 0.1) is 32.1 Å². The van der Waals surface area contributed by atoms with E-state index in [9.17, 15) is 0 Å². The van der Waals surface area contributed by atoms with Gasteiger partial charge in [0, 0.05) is 19.3 Å². The number of hydrogen-bond donors (Lipinski definition) is 2. The summed E-state index contributed by atoms with van der Waals surface area (Å²) in [7, 11) is 1.93. The predicted octanol–water partition coefficient (Wildman–Crippen LogP) is 2.56. The third kappa shape index (κ3) is 9.99. The topological polar surface area (TPSA) is 60.3 Å². The van der Waals surface area contributed by atoms with Crippen molar-refractivity contribution in [1.82, 2.24) is 20.4 Å². The summed E-state index contributed by atoms with van der Waals surface area (Å²) < 4.78 is 13.2. The van der Waals surface area contributed by atoms with Crippen LogP contribution in [0.15, 0.2) is 36.5 Å². The Morgan fingerprint density at radius 2 is 1.89 bits per heavy atom. The van der Waals surface area contributed by atoms with E-state index in [1.54, 1.807) is 0 Å². The van der Waals surface area contributed by atoms with Gasteiger partial charge in [0.2, 0.25) is 0 Å². The van der Waals surface area contributed by atoms with E-state index in [2.05, 4.69) is 53.0 Å². The van der Waals surface area contributed by atoms with Crippen LogP contribution in [-0.2, 0) is 29.0 Å². The molecule has 1 aromatic carbocycles. The normalized spacial score (nSPS) is 11.2. The third-order valence-electron chi connectivity index (χ3n) is 4.44. The van der Waals surface area contributed by atoms with Gasteiger partial charge in [0.1, 0.15) is 0 Å². The average Bonchev–Trinajstić information content (AvgIpc) is 3.14. The number of rotatable bonds is 16. The molecule has 1 heterocycles. The van der Waals surface area contributed by atoms with Crippen molar-refractivity contribution in [2.24, 2.45) is 0 Å². The molecule has 0 aliphatic heterocycles. The first-order valence-corrected chi connectivity index (χ1v) is 10.4. The molecule has 0 aliphatic carbocycles. The van der Waals surface area contributed by atoms with E-state index >= 15 is 0 Å². The van der Waals surface area contributed by atoms with Gasteiger partial charge in [-0.3, -0.25) is 4.68 Å². The van der Waals surface area contributed by atoms with Crippen LogP contribution in [0.5, 0.6) is 0 Å². The third-order valence-corrected chi connectivity index (χ3v) is 4.44. The fourth-order valence-electron chi connectivity index (χ4n) is 2.91. The molecule has 0 bridgehead atoms. The van der Waals surface area contributed by atoms with Gasteiger partial charge < -0.3 is 20.1 Å². The number of ether oxygens (including phenoxy) is 2. The van der Waals surface area contributed by atoms with Crippen LogP contribution in [0.3, 0.4) is 0 Å². The summed E-state index contributed by atoms with van der Waals surface area (Å²) in [5, 5.41) is 11.1. The second-order valence-corrected chi connectivity index (χ2v) is 7.03. The number of nitrogens with zero attached hydrogens (tertiary/aromatic N) is 2. The molecule has 2 rings (SSSR count). The van der Waals surface area contributed by atoms with Gasteiger partial charge >= 0.3 is 0 Å². The predicted molar refractivity (Wildman–Crippen MR) is 114 cm³/mol. The summed E-state index contributed by atoms with van der Waals surface area (Å²) in [6, 6.07) is 10.6. The fraction of sp³-hybridized carbons (Fsp3) is 0.591. The number of likely N-dealkylation sites (N-methyl/N-ethyl adjacent to an activating group) is 1. The number of nitrogens with one attached hydrogen (secondary N) is 2. The zero-order valence-electron chi connectivity index (χ0n) is 17.5. The molecule has 2 aromatic rings. The summed E-state index contributed by atoms with van der Waals surface area (Å²) in [6.07, 6.45) is 5.17. The second-order valence-electron chi connectivity index (χ2n) is 7.03. The minimum Gasteiger partial charge on any atom is -0.378 e. The van der Waals surface area contributed by atoms with E-state index in [4.69, 9.17) is 9.47 Å². The van der Waals surface area contributed by atoms with E-state index in [1.807, 2.05) is 17.9 Å². The standard InChI is InChI=1S/C22H36N4O2/c1-20-6-3-7-21(18-20)19-28-15-5-11-24-10-4-8-22-9-13-26(25-22)14-17-27-16-12-23-2/h3,6-7,9,13,18,23-24H,4-5,8,10-12,14-17,19H2,1-2H3. The Morgan fingerprint density at radius 1 is 1.00 bits per heavy atom. The van der Waals surface area contributed by atoms with Crippen molar-refractivity contribution in [2.75, 3.05) is 46.5 Å². The van der Waals surface area contributed by atoms with Crippen LogP contribution in [0.4, 0.5) is 0 Å². The maximum atomic E-state index is 5.74. The molecule has 156 valence electrons. The SMILES string of the molecule is CNCCOCCn1ccc(CCCNCCCOCc2cccc(C)c2)n1. The summed E-state index contributed by atoms with van der Waals surface area (Å²) in [5.74, 6) is 0. The maximum Gasteiger partial charge on any atom is 0.0716 e. The molecule has 0 unspecified atom stereocenters. The van der Waals surface area contributed by atoms with E-state index in [0.717, 1.165) is 64.3 Å². The average molecular weight is 389 g/mol. The minimum atomic E-state index is 0.699. The van der Waals surface area contributed by atoms with E-state index in [-0.39, 0.29) is 0 Å². The first kappa shape index (κ1) is 22.6. The lowest BCUT2D eigenvalue weighted by atomic mass is 10.1. The number of aryl methyl sites for hydroxylation is 2. The molecule has 0 saturated carbocycles. The molecular formula is C22H36N4O2. The molecule has 2 N–H and O–H groups in total.